The van der Waals surface area contributed by atoms with E-state index in [1.165, 1.54) is 4.88 Å². The van der Waals surface area contributed by atoms with Gasteiger partial charge in [-0.3, -0.25) is 4.79 Å². The average Bonchev–Trinajstić information content (AvgIpc) is 3.41. The number of benzene rings is 1. The average molecular weight is 413 g/mol. The molecule has 0 unspecified atom stereocenters. The molecule has 4 aromatic rings. The number of carbonyl (C=O) groups is 1. The fourth-order valence-corrected chi connectivity index (χ4v) is 4.71. The molecular formula is C21H20N2O3S2. The summed E-state index contributed by atoms with van der Waals surface area (Å²) in [6.45, 7) is 4.45. The highest BCUT2D eigenvalue weighted by Crippen LogP contribution is 2.30. The van der Waals surface area contributed by atoms with Gasteiger partial charge < -0.3 is 14.5 Å². The van der Waals surface area contributed by atoms with Crippen LogP contribution in [-0.4, -0.2) is 24.5 Å². The van der Waals surface area contributed by atoms with Crippen LogP contribution in [0, 0.1) is 13.8 Å². The summed E-state index contributed by atoms with van der Waals surface area (Å²) in [5.74, 6) is 0.903. The minimum absolute atomic E-state index is 0.195. The molecule has 1 aromatic carbocycles. The summed E-state index contributed by atoms with van der Waals surface area (Å²) >= 11 is 3.37. The van der Waals surface area contributed by atoms with Gasteiger partial charge in [-0.05, 0) is 50.6 Å². The van der Waals surface area contributed by atoms with Crippen molar-refractivity contribution in [3.8, 4) is 16.3 Å². The lowest BCUT2D eigenvalue weighted by atomic mass is 10.1. The maximum Gasteiger partial charge on any atom is 0.287 e. The van der Waals surface area contributed by atoms with E-state index >= 15 is 0 Å². The molecule has 28 heavy (non-hydrogen) atoms. The monoisotopic (exact) mass is 412 g/mol. The highest BCUT2D eigenvalue weighted by atomic mass is 32.1. The number of aromatic nitrogens is 1. The Bertz CT molecular complexity index is 1140. The van der Waals surface area contributed by atoms with Gasteiger partial charge in [0.2, 0.25) is 0 Å². The van der Waals surface area contributed by atoms with Crippen LogP contribution in [0.15, 0.2) is 40.1 Å². The van der Waals surface area contributed by atoms with Crippen LogP contribution in [0.1, 0.15) is 26.0 Å². The Labute approximate surface area is 171 Å². The third-order valence-corrected chi connectivity index (χ3v) is 6.48. The lowest BCUT2D eigenvalue weighted by Crippen LogP contribution is -2.25. The Morgan fingerprint density at radius 1 is 1.25 bits per heavy atom. The standard InChI is InChI=1S/C21H20N2O3S2/c1-12-16-10-14(25-3)4-6-18(16)26-20(12)21(24)22-9-8-15-5-7-19(28-15)17-11-27-13(2)23-17/h4-7,10-11H,8-9H2,1-3H3,(H,22,24). The second kappa shape index (κ2) is 7.77. The SMILES string of the molecule is COc1ccc2oc(C(=O)NCCc3ccc(-c4csc(C)n4)s3)c(C)c2c1. The zero-order valence-electron chi connectivity index (χ0n) is 15.9. The van der Waals surface area contributed by atoms with Crippen LogP contribution >= 0.6 is 22.7 Å². The summed E-state index contributed by atoms with van der Waals surface area (Å²) in [7, 11) is 1.62. The third kappa shape index (κ3) is 3.68. The van der Waals surface area contributed by atoms with Gasteiger partial charge in [-0.2, -0.15) is 0 Å². The van der Waals surface area contributed by atoms with Gasteiger partial charge in [0.15, 0.2) is 5.76 Å². The maximum atomic E-state index is 12.6. The van der Waals surface area contributed by atoms with E-state index in [0.717, 1.165) is 38.7 Å². The zero-order valence-corrected chi connectivity index (χ0v) is 17.5. The van der Waals surface area contributed by atoms with E-state index in [0.29, 0.717) is 17.9 Å². The smallest absolute Gasteiger partial charge is 0.287 e. The van der Waals surface area contributed by atoms with Crippen LogP contribution in [0.2, 0.25) is 0 Å². The Morgan fingerprint density at radius 3 is 2.86 bits per heavy atom. The Kier molecular flexibility index (Phi) is 5.19. The second-order valence-electron chi connectivity index (χ2n) is 6.44. The van der Waals surface area contributed by atoms with E-state index < -0.39 is 0 Å². The van der Waals surface area contributed by atoms with Crippen molar-refractivity contribution in [1.82, 2.24) is 10.3 Å². The normalized spacial score (nSPS) is 11.1. The van der Waals surface area contributed by atoms with Gasteiger partial charge in [0.25, 0.3) is 5.91 Å². The van der Waals surface area contributed by atoms with Crippen molar-refractivity contribution >= 4 is 39.5 Å². The first-order valence-corrected chi connectivity index (χ1v) is 10.6. The predicted molar refractivity (Wildman–Crippen MR) is 114 cm³/mol. The van der Waals surface area contributed by atoms with E-state index in [-0.39, 0.29) is 5.91 Å². The van der Waals surface area contributed by atoms with Crippen molar-refractivity contribution in [2.24, 2.45) is 0 Å². The van der Waals surface area contributed by atoms with Gasteiger partial charge in [0.05, 0.1) is 22.7 Å². The van der Waals surface area contributed by atoms with Crippen LogP contribution < -0.4 is 10.1 Å². The molecule has 0 aliphatic rings. The highest BCUT2D eigenvalue weighted by molar-refractivity contribution is 7.16. The van der Waals surface area contributed by atoms with Crippen molar-refractivity contribution in [2.75, 3.05) is 13.7 Å². The van der Waals surface area contributed by atoms with Gasteiger partial charge in [0.1, 0.15) is 11.3 Å². The van der Waals surface area contributed by atoms with Crippen molar-refractivity contribution < 1.29 is 13.9 Å². The first kappa shape index (κ1) is 18.7. The van der Waals surface area contributed by atoms with Crippen LogP contribution in [0.5, 0.6) is 5.75 Å². The van der Waals surface area contributed by atoms with Crippen LogP contribution in [0.25, 0.3) is 21.5 Å². The zero-order chi connectivity index (χ0) is 19.7. The summed E-state index contributed by atoms with van der Waals surface area (Å²) in [5.41, 5.74) is 2.53. The predicted octanol–water partition coefficient (Wildman–Crippen LogP) is 5.22. The number of methoxy groups -OCH3 is 1. The Balaban J connectivity index is 1.40. The molecule has 5 nitrogen and oxygen atoms in total. The molecule has 1 N–H and O–H groups in total. The van der Waals surface area contributed by atoms with Gasteiger partial charge in [-0.15, -0.1) is 22.7 Å². The molecule has 0 atom stereocenters. The summed E-state index contributed by atoms with van der Waals surface area (Å²) < 4.78 is 11.0. The summed E-state index contributed by atoms with van der Waals surface area (Å²) in [5, 5.41) is 7.00. The fourth-order valence-electron chi connectivity index (χ4n) is 3.05. The molecule has 0 saturated heterocycles. The minimum Gasteiger partial charge on any atom is -0.497 e. The van der Waals surface area contributed by atoms with Crippen LogP contribution in [-0.2, 0) is 6.42 Å². The summed E-state index contributed by atoms with van der Waals surface area (Å²) in [6, 6.07) is 9.72. The molecule has 4 rings (SSSR count). The number of aryl methyl sites for hydroxylation is 2. The highest BCUT2D eigenvalue weighted by Gasteiger charge is 2.18. The largest absolute Gasteiger partial charge is 0.497 e. The number of thiazole rings is 1. The van der Waals surface area contributed by atoms with E-state index in [9.17, 15) is 4.79 Å². The number of nitrogens with zero attached hydrogens (tertiary/aromatic N) is 1. The molecule has 0 aliphatic carbocycles. The topological polar surface area (TPSA) is 64.4 Å². The van der Waals surface area contributed by atoms with E-state index in [1.54, 1.807) is 29.8 Å². The van der Waals surface area contributed by atoms with Crippen LogP contribution in [0.3, 0.4) is 0 Å². The number of amides is 1. The van der Waals surface area contributed by atoms with Crippen molar-refractivity contribution in [3.63, 3.8) is 0 Å². The van der Waals surface area contributed by atoms with Crippen molar-refractivity contribution in [1.29, 1.82) is 0 Å². The fraction of sp³-hybridized carbons (Fsp3) is 0.238. The lowest BCUT2D eigenvalue weighted by molar-refractivity contribution is 0.0928. The van der Waals surface area contributed by atoms with Crippen molar-refractivity contribution in [2.45, 2.75) is 20.3 Å². The molecule has 144 valence electrons. The number of nitrogens with one attached hydrogen (secondary N) is 1. The molecular weight excluding hydrogens is 392 g/mol. The van der Waals surface area contributed by atoms with Gasteiger partial charge in [0, 0.05) is 27.8 Å². The number of carbonyl (C=O) groups excluding carboxylic acids is 1. The molecule has 0 saturated carbocycles. The molecule has 0 aliphatic heterocycles. The molecule has 1 amide bonds. The third-order valence-electron chi connectivity index (χ3n) is 4.54. The van der Waals surface area contributed by atoms with E-state index in [2.05, 4.69) is 27.8 Å². The van der Waals surface area contributed by atoms with Crippen LogP contribution in [0.4, 0.5) is 0 Å². The van der Waals surface area contributed by atoms with Gasteiger partial charge >= 0.3 is 0 Å². The van der Waals surface area contributed by atoms with Gasteiger partial charge in [-0.25, -0.2) is 4.98 Å². The quantitative estimate of drug-likeness (QED) is 0.472. The molecule has 3 heterocycles. The first-order valence-electron chi connectivity index (χ1n) is 8.91. The minimum atomic E-state index is -0.195. The Morgan fingerprint density at radius 2 is 2.11 bits per heavy atom. The number of hydrogen-bond donors (Lipinski definition) is 1. The molecule has 7 heteroatoms. The summed E-state index contributed by atoms with van der Waals surface area (Å²) in [4.78, 5) is 19.5. The lowest BCUT2D eigenvalue weighted by Gasteiger charge is -2.02. The number of rotatable bonds is 6. The summed E-state index contributed by atoms with van der Waals surface area (Å²) in [6.07, 6.45) is 0.770. The molecule has 0 fully saturated rings. The van der Waals surface area contributed by atoms with E-state index in [1.807, 2.05) is 32.0 Å². The number of fused-ring (bicyclic) bond motifs is 1. The molecule has 3 aromatic heterocycles. The molecule has 0 bridgehead atoms. The number of furan rings is 1. The number of hydrogen-bond acceptors (Lipinski definition) is 6. The first-order chi connectivity index (χ1) is 13.5. The molecule has 0 radical (unpaired) electrons. The maximum absolute atomic E-state index is 12.6. The van der Waals surface area contributed by atoms with E-state index in [4.69, 9.17) is 9.15 Å². The Hall–Kier alpha value is -2.64. The number of ether oxygens (including phenoxy) is 1. The molecule has 0 spiro atoms. The number of thiophene rings is 1. The van der Waals surface area contributed by atoms with Crippen molar-refractivity contribution in [3.05, 3.63) is 56.9 Å². The van der Waals surface area contributed by atoms with Gasteiger partial charge in [-0.1, -0.05) is 0 Å². The second-order valence-corrected chi connectivity index (χ2v) is 8.67.